The molecule has 2 aromatic rings. The number of hydrogen-bond acceptors (Lipinski definition) is 3. The van der Waals surface area contributed by atoms with Crippen molar-refractivity contribution in [3.8, 4) is 0 Å². The van der Waals surface area contributed by atoms with Gasteiger partial charge in [0.05, 0.1) is 27.7 Å². The Morgan fingerprint density at radius 2 is 2.04 bits per heavy atom. The normalized spacial score (nSPS) is 19.6. The van der Waals surface area contributed by atoms with E-state index in [4.69, 9.17) is 23.2 Å². The van der Waals surface area contributed by atoms with Gasteiger partial charge in [0.2, 0.25) is 0 Å². The van der Waals surface area contributed by atoms with Gasteiger partial charge in [0.25, 0.3) is 0 Å². The van der Waals surface area contributed by atoms with Gasteiger partial charge in [0, 0.05) is 12.2 Å². The number of carboxylic acids is 1. The average molecular weight is 379 g/mol. The van der Waals surface area contributed by atoms with Gasteiger partial charge < -0.3 is 5.11 Å². The van der Waals surface area contributed by atoms with Crippen LogP contribution in [0, 0.1) is 12.8 Å². The number of rotatable bonds is 4. The summed E-state index contributed by atoms with van der Waals surface area (Å²) in [5.41, 5.74) is 2.63. The number of carbonyl (C=O) groups is 1. The van der Waals surface area contributed by atoms with Crippen molar-refractivity contribution in [2.75, 3.05) is 13.1 Å². The van der Waals surface area contributed by atoms with Crippen LogP contribution in [-0.4, -0.2) is 34.0 Å². The second-order valence-electron chi connectivity index (χ2n) is 6.42. The largest absolute Gasteiger partial charge is 0.481 e. The van der Waals surface area contributed by atoms with Crippen molar-refractivity contribution in [3.63, 3.8) is 0 Å². The van der Waals surface area contributed by atoms with E-state index >= 15 is 0 Å². The fourth-order valence-electron chi connectivity index (χ4n) is 3.43. The summed E-state index contributed by atoms with van der Waals surface area (Å²) >= 11 is 12.7. The van der Waals surface area contributed by atoms with Crippen LogP contribution in [0.25, 0.3) is 0 Å². The third kappa shape index (κ3) is 3.97. The van der Waals surface area contributed by atoms with Crippen molar-refractivity contribution < 1.29 is 9.90 Å². The number of aromatic nitrogens is 1. The third-order valence-electron chi connectivity index (χ3n) is 4.63. The molecule has 3 rings (SSSR count). The van der Waals surface area contributed by atoms with Gasteiger partial charge in [-0.3, -0.25) is 14.7 Å². The minimum absolute atomic E-state index is 0.215. The summed E-state index contributed by atoms with van der Waals surface area (Å²) < 4.78 is 0. The van der Waals surface area contributed by atoms with Gasteiger partial charge in [0.15, 0.2) is 0 Å². The standard InChI is InChI=1S/C19H20Cl2N2O2/c1-12-5-2-9-16(22-12)18(14-7-3-8-15(20)17(14)21)23-10-4-6-13(11-23)19(24)25/h2-3,5,7-9,13,18H,4,6,10-11H2,1H3,(H,24,25). The minimum Gasteiger partial charge on any atom is -0.481 e. The van der Waals surface area contributed by atoms with Gasteiger partial charge in [0.1, 0.15) is 0 Å². The maximum absolute atomic E-state index is 11.5. The Labute approximate surface area is 157 Å². The third-order valence-corrected chi connectivity index (χ3v) is 5.47. The van der Waals surface area contributed by atoms with Crippen LogP contribution in [0.1, 0.15) is 35.8 Å². The first kappa shape index (κ1) is 18.2. The molecule has 0 amide bonds. The Kier molecular flexibility index (Phi) is 5.62. The van der Waals surface area contributed by atoms with Gasteiger partial charge in [-0.2, -0.15) is 0 Å². The maximum atomic E-state index is 11.5. The summed E-state index contributed by atoms with van der Waals surface area (Å²) in [6.45, 7) is 3.21. The van der Waals surface area contributed by atoms with Crippen LogP contribution in [0.4, 0.5) is 0 Å². The van der Waals surface area contributed by atoms with E-state index in [1.54, 1.807) is 6.07 Å². The van der Waals surface area contributed by atoms with E-state index < -0.39 is 5.97 Å². The van der Waals surface area contributed by atoms with Crippen molar-refractivity contribution in [2.45, 2.75) is 25.8 Å². The van der Waals surface area contributed by atoms with Crippen LogP contribution in [0.5, 0.6) is 0 Å². The molecule has 1 aliphatic rings. The molecule has 0 aliphatic carbocycles. The molecule has 25 heavy (non-hydrogen) atoms. The fraction of sp³-hybridized carbons (Fsp3) is 0.368. The molecule has 4 nitrogen and oxygen atoms in total. The van der Waals surface area contributed by atoms with E-state index in [0.29, 0.717) is 23.0 Å². The molecule has 6 heteroatoms. The van der Waals surface area contributed by atoms with Crippen molar-refractivity contribution in [3.05, 3.63) is 63.4 Å². The number of aryl methyl sites for hydroxylation is 1. The highest BCUT2D eigenvalue weighted by molar-refractivity contribution is 6.42. The smallest absolute Gasteiger partial charge is 0.307 e. The summed E-state index contributed by atoms with van der Waals surface area (Å²) in [6, 6.07) is 11.2. The topological polar surface area (TPSA) is 53.4 Å². The minimum atomic E-state index is -0.752. The van der Waals surface area contributed by atoms with E-state index in [-0.39, 0.29) is 12.0 Å². The van der Waals surface area contributed by atoms with Crippen molar-refractivity contribution in [1.82, 2.24) is 9.88 Å². The zero-order valence-electron chi connectivity index (χ0n) is 14.0. The summed E-state index contributed by atoms with van der Waals surface area (Å²) in [4.78, 5) is 18.3. The first-order chi connectivity index (χ1) is 12.0. The molecule has 1 saturated heterocycles. The molecule has 1 fully saturated rings. The number of pyridine rings is 1. The number of nitrogens with zero attached hydrogens (tertiary/aromatic N) is 2. The van der Waals surface area contributed by atoms with E-state index in [0.717, 1.165) is 29.9 Å². The molecule has 1 aromatic heterocycles. The van der Waals surface area contributed by atoms with Gasteiger partial charge in [-0.25, -0.2) is 0 Å². The number of carboxylic acid groups (broad SMARTS) is 1. The molecular formula is C19H20Cl2N2O2. The Balaban J connectivity index is 2.06. The average Bonchev–Trinajstić information content (AvgIpc) is 2.59. The van der Waals surface area contributed by atoms with Gasteiger partial charge >= 0.3 is 5.97 Å². The SMILES string of the molecule is Cc1cccc(C(c2cccc(Cl)c2Cl)N2CCCC(C(=O)O)C2)n1. The Bertz CT molecular complexity index is 782. The highest BCUT2D eigenvalue weighted by Crippen LogP contribution is 2.38. The molecule has 1 aromatic carbocycles. The molecular weight excluding hydrogens is 359 g/mol. The number of aliphatic carboxylic acids is 1. The van der Waals surface area contributed by atoms with Gasteiger partial charge in [-0.05, 0) is 50.1 Å². The first-order valence-corrected chi connectivity index (χ1v) is 9.07. The fourth-order valence-corrected chi connectivity index (χ4v) is 3.84. The number of likely N-dealkylation sites (tertiary alicyclic amines) is 1. The van der Waals surface area contributed by atoms with Crippen LogP contribution in [-0.2, 0) is 4.79 Å². The molecule has 2 atom stereocenters. The zero-order chi connectivity index (χ0) is 18.0. The van der Waals surface area contributed by atoms with E-state index in [1.807, 2.05) is 37.3 Å². The number of halogens is 2. The summed E-state index contributed by atoms with van der Waals surface area (Å²) in [7, 11) is 0. The number of piperidine rings is 1. The lowest BCUT2D eigenvalue weighted by atomic mass is 9.93. The molecule has 0 spiro atoms. The maximum Gasteiger partial charge on any atom is 0.307 e. The quantitative estimate of drug-likeness (QED) is 0.845. The lowest BCUT2D eigenvalue weighted by Gasteiger charge is -2.37. The molecule has 0 bridgehead atoms. The number of hydrogen-bond donors (Lipinski definition) is 1. The molecule has 0 radical (unpaired) electrons. The van der Waals surface area contributed by atoms with Crippen LogP contribution >= 0.6 is 23.2 Å². The molecule has 2 heterocycles. The van der Waals surface area contributed by atoms with Crippen molar-refractivity contribution in [1.29, 1.82) is 0 Å². The monoisotopic (exact) mass is 378 g/mol. The van der Waals surface area contributed by atoms with Gasteiger partial charge in [-0.15, -0.1) is 0 Å². The Morgan fingerprint density at radius 3 is 2.76 bits per heavy atom. The van der Waals surface area contributed by atoms with Crippen LogP contribution in [0.3, 0.4) is 0 Å². The van der Waals surface area contributed by atoms with Crippen molar-refractivity contribution in [2.24, 2.45) is 5.92 Å². The van der Waals surface area contributed by atoms with E-state index in [1.165, 1.54) is 0 Å². The number of benzene rings is 1. The van der Waals surface area contributed by atoms with Crippen LogP contribution in [0.2, 0.25) is 10.0 Å². The van der Waals surface area contributed by atoms with Crippen LogP contribution < -0.4 is 0 Å². The molecule has 0 saturated carbocycles. The lowest BCUT2D eigenvalue weighted by molar-refractivity contribution is -0.143. The molecule has 1 N–H and O–H groups in total. The van der Waals surface area contributed by atoms with E-state index in [9.17, 15) is 9.90 Å². The second-order valence-corrected chi connectivity index (χ2v) is 7.21. The van der Waals surface area contributed by atoms with E-state index in [2.05, 4.69) is 9.88 Å². The van der Waals surface area contributed by atoms with Crippen molar-refractivity contribution >= 4 is 29.2 Å². The van der Waals surface area contributed by atoms with Gasteiger partial charge in [-0.1, -0.05) is 41.4 Å². The summed E-state index contributed by atoms with van der Waals surface area (Å²) in [6.07, 6.45) is 1.53. The highest BCUT2D eigenvalue weighted by atomic mass is 35.5. The Morgan fingerprint density at radius 1 is 1.28 bits per heavy atom. The zero-order valence-corrected chi connectivity index (χ0v) is 15.5. The molecule has 2 unspecified atom stereocenters. The first-order valence-electron chi connectivity index (χ1n) is 8.31. The lowest BCUT2D eigenvalue weighted by Crippen LogP contribution is -2.41. The summed E-state index contributed by atoms with van der Waals surface area (Å²) in [5.74, 6) is -1.13. The molecule has 1 aliphatic heterocycles. The van der Waals surface area contributed by atoms with Crippen LogP contribution in [0.15, 0.2) is 36.4 Å². The predicted molar refractivity (Wildman–Crippen MR) is 99.2 cm³/mol. The predicted octanol–water partition coefficient (Wildman–Crippen LogP) is 4.58. The molecule has 132 valence electrons. The second kappa shape index (κ2) is 7.73. The highest BCUT2D eigenvalue weighted by Gasteiger charge is 2.33. The summed E-state index contributed by atoms with van der Waals surface area (Å²) in [5, 5.41) is 10.4. The Hall–Kier alpha value is -1.62.